The second-order valence-corrected chi connectivity index (χ2v) is 7.36. The molecule has 0 unspecified atom stereocenters. The van der Waals surface area contributed by atoms with Gasteiger partial charge in [-0.2, -0.15) is 9.82 Å². The number of rotatable bonds is 7. The minimum absolute atomic E-state index is 0.0178. The van der Waals surface area contributed by atoms with E-state index in [9.17, 15) is 18.3 Å². The molecule has 1 aromatic heterocycles. The summed E-state index contributed by atoms with van der Waals surface area (Å²) in [5, 5.41) is 13.7. The van der Waals surface area contributed by atoms with Gasteiger partial charge in [-0.05, 0) is 40.5 Å². The molecule has 22 heavy (non-hydrogen) atoms. The Morgan fingerprint density at radius 2 is 1.82 bits per heavy atom. The zero-order valence-electron chi connectivity index (χ0n) is 14.0. The molecule has 0 radical (unpaired) electrons. The summed E-state index contributed by atoms with van der Waals surface area (Å²) in [6, 6.07) is 0.0178. The Morgan fingerprint density at radius 1 is 1.32 bits per heavy atom. The van der Waals surface area contributed by atoms with Crippen LogP contribution in [0.2, 0.25) is 0 Å². The number of nitrogens with one attached hydrogen (secondary N) is 1. The number of hydrogen-bond donors (Lipinski definition) is 2. The first-order chi connectivity index (χ1) is 10.0. The van der Waals surface area contributed by atoms with Gasteiger partial charge >= 0.3 is 5.97 Å². The molecule has 126 valence electrons. The lowest BCUT2D eigenvalue weighted by atomic mass is 9.95. The zero-order valence-corrected chi connectivity index (χ0v) is 14.8. The lowest BCUT2D eigenvalue weighted by Crippen LogP contribution is -2.53. The van der Waals surface area contributed by atoms with Crippen molar-refractivity contribution in [2.75, 3.05) is 0 Å². The van der Waals surface area contributed by atoms with E-state index in [4.69, 9.17) is 0 Å². The van der Waals surface area contributed by atoms with Crippen molar-refractivity contribution in [1.82, 2.24) is 14.5 Å². The Hall–Kier alpha value is -1.41. The van der Waals surface area contributed by atoms with Gasteiger partial charge in [0.2, 0.25) is 10.0 Å². The lowest BCUT2D eigenvalue weighted by Gasteiger charge is -2.27. The third-order valence-electron chi connectivity index (χ3n) is 3.96. The predicted molar refractivity (Wildman–Crippen MR) is 83.4 cm³/mol. The molecular weight excluding hydrogens is 306 g/mol. The van der Waals surface area contributed by atoms with Gasteiger partial charge in [0.15, 0.2) is 0 Å². The molecule has 7 nitrogen and oxygen atoms in total. The van der Waals surface area contributed by atoms with Crippen molar-refractivity contribution < 1.29 is 18.3 Å². The maximum atomic E-state index is 12.7. The van der Waals surface area contributed by atoms with Crippen molar-refractivity contribution >= 4 is 16.0 Å². The Labute approximate surface area is 131 Å². The molecule has 1 heterocycles. The molecule has 0 aromatic carbocycles. The second-order valence-electron chi connectivity index (χ2n) is 5.74. The maximum Gasteiger partial charge on any atom is 0.324 e. The van der Waals surface area contributed by atoms with E-state index in [-0.39, 0.29) is 23.8 Å². The number of nitrogens with zero attached hydrogens (tertiary/aromatic N) is 2. The highest BCUT2D eigenvalue weighted by molar-refractivity contribution is 7.89. The summed E-state index contributed by atoms with van der Waals surface area (Å²) in [4.78, 5) is 11.6. The van der Waals surface area contributed by atoms with E-state index < -0.39 is 21.5 Å². The minimum atomic E-state index is -3.98. The first kappa shape index (κ1) is 18.6. The largest absolute Gasteiger partial charge is 0.480 e. The average Bonchev–Trinajstić information content (AvgIpc) is 2.71. The minimum Gasteiger partial charge on any atom is -0.480 e. The van der Waals surface area contributed by atoms with Crippen LogP contribution in [0.5, 0.6) is 0 Å². The van der Waals surface area contributed by atoms with Crippen LogP contribution in [0.4, 0.5) is 0 Å². The van der Waals surface area contributed by atoms with Crippen LogP contribution in [0.3, 0.4) is 0 Å². The molecule has 0 atom stereocenters. The molecule has 0 spiro atoms. The van der Waals surface area contributed by atoms with Crippen LogP contribution in [-0.2, 0) is 14.8 Å². The van der Waals surface area contributed by atoms with Gasteiger partial charge in [0, 0.05) is 6.04 Å². The Kier molecular flexibility index (Phi) is 5.40. The number of aliphatic carboxylic acids is 1. The van der Waals surface area contributed by atoms with Gasteiger partial charge in [-0.1, -0.05) is 13.8 Å². The number of aromatic nitrogens is 2. The third-order valence-corrected chi connectivity index (χ3v) is 5.75. The number of carbonyl (C=O) groups is 1. The third kappa shape index (κ3) is 3.17. The van der Waals surface area contributed by atoms with Gasteiger partial charge in [0.05, 0.1) is 11.4 Å². The normalized spacial score (nSPS) is 12.9. The van der Waals surface area contributed by atoms with Crippen molar-refractivity contribution in [3.8, 4) is 0 Å². The van der Waals surface area contributed by atoms with E-state index >= 15 is 0 Å². The van der Waals surface area contributed by atoms with E-state index in [1.807, 2.05) is 13.8 Å². The van der Waals surface area contributed by atoms with E-state index in [1.54, 1.807) is 32.4 Å². The highest BCUT2D eigenvalue weighted by Crippen LogP contribution is 2.25. The highest BCUT2D eigenvalue weighted by atomic mass is 32.2. The first-order valence-electron chi connectivity index (χ1n) is 7.35. The van der Waals surface area contributed by atoms with E-state index in [0.717, 1.165) is 0 Å². The van der Waals surface area contributed by atoms with E-state index in [1.165, 1.54) is 0 Å². The van der Waals surface area contributed by atoms with Crippen molar-refractivity contribution in [2.45, 2.75) is 70.9 Å². The average molecular weight is 331 g/mol. The van der Waals surface area contributed by atoms with Crippen LogP contribution in [-0.4, -0.2) is 34.8 Å². The van der Waals surface area contributed by atoms with Gasteiger partial charge in [0.1, 0.15) is 10.4 Å². The molecule has 0 saturated heterocycles. The molecule has 1 aromatic rings. The number of carboxylic acid groups (broad SMARTS) is 1. The number of aryl methyl sites for hydroxylation is 1. The fourth-order valence-electron chi connectivity index (χ4n) is 2.59. The van der Waals surface area contributed by atoms with E-state index in [2.05, 4.69) is 9.82 Å². The topological polar surface area (TPSA) is 101 Å². The molecule has 2 N–H and O–H groups in total. The summed E-state index contributed by atoms with van der Waals surface area (Å²) in [6.45, 7) is 10.4. The zero-order chi connectivity index (χ0) is 17.3. The summed E-state index contributed by atoms with van der Waals surface area (Å²) in [7, 11) is -3.98. The second kappa shape index (κ2) is 6.37. The maximum absolute atomic E-state index is 12.7. The van der Waals surface area contributed by atoms with Crippen LogP contribution in [0.15, 0.2) is 4.90 Å². The molecule has 0 bridgehead atoms. The highest BCUT2D eigenvalue weighted by Gasteiger charge is 2.40. The van der Waals surface area contributed by atoms with Crippen LogP contribution in [0.25, 0.3) is 0 Å². The molecule has 1 rings (SSSR count). The molecule has 0 fully saturated rings. The smallest absolute Gasteiger partial charge is 0.324 e. The molecule has 0 aliphatic rings. The van der Waals surface area contributed by atoms with Gasteiger partial charge in [-0.25, -0.2) is 8.42 Å². The van der Waals surface area contributed by atoms with Crippen LogP contribution >= 0.6 is 0 Å². The van der Waals surface area contributed by atoms with Crippen LogP contribution in [0, 0.1) is 13.8 Å². The van der Waals surface area contributed by atoms with Crippen molar-refractivity contribution in [1.29, 1.82) is 0 Å². The van der Waals surface area contributed by atoms with Crippen LogP contribution in [0.1, 0.15) is 58.0 Å². The van der Waals surface area contributed by atoms with Gasteiger partial charge in [-0.3, -0.25) is 9.48 Å². The summed E-state index contributed by atoms with van der Waals surface area (Å²) >= 11 is 0. The molecule has 0 saturated carbocycles. The molecule has 0 aliphatic carbocycles. The standard InChI is InChI=1S/C14H25N3O4S/c1-7-14(8-2,13(18)19)16-22(20,21)12-10(5)15-17(9(3)4)11(12)6/h9,16H,7-8H2,1-6H3,(H,18,19). The van der Waals surface area contributed by atoms with Crippen LogP contribution < -0.4 is 4.72 Å². The number of hydrogen-bond acceptors (Lipinski definition) is 4. The summed E-state index contributed by atoms with van der Waals surface area (Å²) in [6.07, 6.45) is 0.322. The lowest BCUT2D eigenvalue weighted by molar-refractivity contribution is -0.144. The van der Waals surface area contributed by atoms with Gasteiger partial charge in [-0.15, -0.1) is 0 Å². The fourth-order valence-corrected chi connectivity index (χ4v) is 4.49. The number of carboxylic acids is 1. The number of sulfonamides is 1. The Morgan fingerprint density at radius 3 is 2.14 bits per heavy atom. The van der Waals surface area contributed by atoms with Crippen molar-refractivity contribution in [3.63, 3.8) is 0 Å². The van der Waals surface area contributed by atoms with E-state index in [0.29, 0.717) is 11.4 Å². The van der Waals surface area contributed by atoms with Crippen molar-refractivity contribution in [2.24, 2.45) is 0 Å². The Bertz CT molecular complexity index is 658. The summed E-state index contributed by atoms with van der Waals surface area (Å²) in [5.74, 6) is -1.17. The first-order valence-corrected chi connectivity index (χ1v) is 8.83. The fraction of sp³-hybridized carbons (Fsp3) is 0.714. The summed E-state index contributed by atoms with van der Waals surface area (Å²) < 4.78 is 29.4. The van der Waals surface area contributed by atoms with Gasteiger partial charge < -0.3 is 5.11 Å². The SMILES string of the molecule is CCC(CC)(NS(=O)(=O)c1c(C)nn(C(C)C)c1C)C(=O)O. The predicted octanol–water partition coefficient (Wildman–Crippen LogP) is 2.00. The molecule has 0 amide bonds. The quantitative estimate of drug-likeness (QED) is 0.796. The summed E-state index contributed by atoms with van der Waals surface area (Å²) in [5.41, 5.74) is -0.630. The van der Waals surface area contributed by atoms with Crippen molar-refractivity contribution in [3.05, 3.63) is 11.4 Å². The Balaban J connectivity index is 3.40. The molecule has 8 heteroatoms. The molecular formula is C14H25N3O4S. The monoisotopic (exact) mass is 331 g/mol. The van der Waals surface area contributed by atoms with Gasteiger partial charge in [0.25, 0.3) is 0 Å². The molecule has 0 aliphatic heterocycles.